The van der Waals surface area contributed by atoms with Gasteiger partial charge in [-0.3, -0.25) is 0 Å². The van der Waals surface area contributed by atoms with Crippen LogP contribution in [0, 0.1) is 12.8 Å². The first-order chi connectivity index (χ1) is 9.13. The van der Waals surface area contributed by atoms with E-state index in [2.05, 4.69) is 15.3 Å². The Morgan fingerprint density at radius 3 is 2.84 bits per heavy atom. The van der Waals surface area contributed by atoms with Crippen LogP contribution in [0.15, 0.2) is 6.07 Å². The fraction of sp³-hybridized carbons (Fsp3) is 0.714. The van der Waals surface area contributed by atoms with E-state index in [1.165, 1.54) is 12.8 Å². The summed E-state index contributed by atoms with van der Waals surface area (Å²) in [5.41, 5.74) is 0.895. The molecule has 1 fully saturated rings. The van der Waals surface area contributed by atoms with Crippen LogP contribution in [0.3, 0.4) is 0 Å². The summed E-state index contributed by atoms with van der Waals surface area (Å²) in [4.78, 5) is 8.65. The second-order valence-corrected chi connectivity index (χ2v) is 5.28. The molecule has 0 unspecified atom stereocenters. The van der Waals surface area contributed by atoms with Crippen molar-refractivity contribution < 1.29 is 9.47 Å². The molecule has 19 heavy (non-hydrogen) atoms. The number of rotatable bonds is 8. The minimum atomic E-state index is 0.115. The van der Waals surface area contributed by atoms with E-state index in [0.717, 1.165) is 24.8 Å². The fourth-order valence-corrected chi connectivity index (χ4v) is 1.69. The van der Waals surface area contributed by atoms with E-state index in [1.54, 1.807) is 0 Å². The highest BCUT2D eigenvalue weighted by Crippen LogP contribution is 2.28. The SMILES string of the molecule is Cc1cc(OC(C)C)nc(NCCOCC2CC2)n1. The Morgan fingerprint density at radius 2 is 2.16 bits per heavy atom. The highest BCUT2D eigenvalue weighted by atomic mass is 16.5. The molecular formula is C14H23N3O2. The first-order valence-corrected chi connectivity index (χ1v) is 6.97. The highest BCUT2D eigenvalue weighted by molar-refractivity contribution is 5.30. The number of hydrogen-bond donors (Lipinski definition) is 1. The van der Waals surface area contributed by atoms with Gasteiger partial charge in [0.2, 0.25) is 11.8 Å². The Morgan fingerprint density at radius 1 is 1.37 bits per heavy atom. The predicted molar refractivity (Wildman–Crippen MR) is 74.6 cm³/mol. The second kappa shape index (κ2) is 6.70. The van der Waals surface area contributed by atoms with Crippen molar-refractivity contribution in [2.45, 2.75) is 39.7 Å². The van der Waals surface area contributed by atoms with Crippen LogP contribution in [0.4, 0.5) is 5.95 Å². The normalized spacial score (nSPS) is 14.7. The van der Waals surface area contributed by atoms with Gasteiger partial charge in [0.25, 0.3) is 0 Å². The second-order valence-electron chi connectivity index (χ2n) is 5.28. The minimum Gasteiger partial charge on any atom is -0.475 e. The van der Waals surface area contributed by atoms with Crippen molar-refractivity contribution >= 4 is 5.95 Å². The zero-order valence-electron chi connectivity index (χ0n) is 12.0. The molecule has 5 heteroatoms. The predicted octanol–water partition coefficient (Wildman–Crippen LogP) is 2.41. The van der Waals surface area contributed by atoms with Crippen LogP contribution in [0.5, 0.6) is 5.88 Å². The summed E-state index contributed by atoms with van der Waals surface area (Å²) < 4.78 is 11.1. The molecule has 1 aromatic rings. The van der Waals surface area contributed by atoms with Gasteiger partial charge in [-0.25, -0.2) is 4.98 Å². The van der Waals surface area contributed by atoms with E-state index in [-0.39, 0.29) is 6.10 Å². The van der Waals surface area contributed by atoms with Crippen LogP contribution in [0.25, 0.3) is 0 Å². The molecule has 0 aliphatic heterocycles. The number of anilines is 1. The zero-order chi connectivity index (χ0) is 13.7. The van der Waals surface area contributed by atoms with Crippen molar-refractivity contribution in [3.8, 4) is 5.88 Å². The van der Waals surface area contributed by atoms with E-state index in [4.69, 9.17) is 9.47 Å². The third kappa shape index (κ3) is 5.42. The van der Waals surface area contributed by atoms with Crippen molar-refractivity contribution in [2.24, 2.45) is 5.92 Å². The smallest absolute Gasteiger partial charge is 0.226 e. The van der Waals surface area contributed by atoms with Crippen LogP contribution in [-0.2, 0) is 4.74 Å². The summed E-state index contributed by atoms with van der Waals surface area (Å²) in [5.74, 6) is 2.02. The van der Waals surface area contributed by atoms with Crippen LogP contribution in [0.1, 0.15) is 32.4 Å². The molecule has 1 N–H and O–H groups in total. The van der Waals surface area contributed by atoms with Gasteiger partial charge >= 0.3 is 0 Å². The molecule has 5 nitrogen and oxygen atoms in total. The lowest BCUT2D eigenvalue weighted by atomic mass is 10.4. The summed E-state index contributed by atoms with van der Waals surface area (Å²) in [6, 6.07) is 1.84. The third-order valence-electron chi connectivity index (χ3n) is 2.77. The van der Waals surface area contributed by atoms with E-state index in [0.29, 0.717) is 18.4 Å². The van der Waals surface area contributed by atoms with E-state index in [9.17, 15) is 0 Å². The molecule has 1 saturated carbocycles. The summed E-state index contributed by atoms with van der Waals surface area (Å²) in [5, 5.41) is 3.17. The molecule has 106 valence electrons. The average molecular weight is 265 g/mol. The Balaban J connectivity index is 1.75. The molecular weight excluding hydrogens is 242 g/mol. The molecule has 0 bridgehead atoms. The van der Waals surface area contributed by atoms with Crippen LogP contribution >= 0.6 is 0 Å². The first kappa shape index (κ1) is 14.1. The van der Waals surface area contributed by atoms with Gasteiger partial charge in [0, 0.05) is 24.9 Å². The van der Waals surface area contributed by atoms with Crippen molar-refractivity contribution in [1.29, 1.82) is 0 Å². The number of nitrogens with zero attached hydrogens (tertiary/aromatic N) is 2. The van der Waals surface area contributed by atoms with Crippen molar-refractivity contribution in [3.05, 3.63) is 11.8 Å². The third-order valence-corrected chi connectivity index (χ3v) is 2.77. The largest absolute Gasteiger partial charge is 0.475 e. The maximum absolute atomic E-state index is 5.58. The van der Waals surface area contributed by atoms with Gasteiger partial charge in [-0.15, -0.1) is 0 Å². The molecule has 1 aliphatic rings. The molecule has 0 atom stereocenters. The van der Waals surface area contributed by atoms with Gasteiger partial charge < -0.3 is 14.8 Å². The maximum Gasteiger partial charge on any atom is 0.226 e. The Labute approximate surface area is 114 Å². The molecule has 1 heterocycles. The lowest BCUT2D eigenvalue weighted by Gasteiger charge is -2.11. The minimum absolute atomic E-state index is 0.115. The molecule has 0 saturated heterocycles. The van der Waals surface area contributed by atoms with Gasteiger partial charge in [0.15, 0.2) is 0 Å². The number of aryl methyl sites for hydroxylation is 1. The highest BCUT2D eigenvalue weighted by Gasteiger charge is 2.20. The van der Waals surface area contributed by atoms with Crippen LogP contribution in [0.2, 0.25) is 0 Å². The van der Waals surface area contributed by atoms with E-state index in [1.807, 2.05) is 26.8 Å². The lowest BCUT2D eigenvalue weighted by Crippen LogP contribution is -2.14. The van der Waals surface area contributed by atoms with Crippen LogP contribution < -0.4 is 10.1 Å². The van der Waals surface area contributed by atoms with Gasteiger partial charge in [-0.2, -0.15) is 4.98 Å². The average Bonchev–Trinajstić information content (AvgIpc) is 3.10. The lowest BCUT2D eigenvalue weighted by molar-refractivity contribution is 0.133. The zero-order valence-corrected chi connectivity index (χ0v) is 12.0. The number of hydrogen-bond acceptors (Lipinski definition) is 5. The van der Waals surface area contributed by atoms with Gasteiger partial charge in [0.1, 0.15) is 0 Å². The van der Waals surface area contributed by atoms with E-state index >= 15 is 0 Å². The quantitative estimate of drug-likeness (QED) is 0.731. The van der Waals surface area contributed by atoms with Crippen molar-refractivity contribution in [2.75, 3.05) is 25.1 Å². The van der Waals surface area contributed by atoms with Crippen LogP contribution in [-0.4, -0.2) is 35.8 Å². The number of ether oxygens (including phenoxy) is 2. The molecule has 0 amide bonds. The summed E-state index contributed by atoms with van der Waals surface area (Å²) in [6.45, 7) is 8.19. The van der Waals surface area contributed by atoms with E-state index < -0.39 is 0 Å². The molecule has 1 aliphatic carbocycles. The van der Waals surface area contributed by atoms with Gasteiger partial charge in [-0.1, -0.05) is 0 Å². The topological polar surface area (TPSA) is 56.3 Å². The molecule has 1 aromatic heterocycles. The van der Waals surface area contributed by atoms with Crippen molar-refractivity contribution in [3.63, 3.8) is 0 Å². The maximum atomic E-state index is 5.58. The van der Waals surface area contributed by atoms with Gasteiger partial charge in [-0.05, 0) is 39.5 Å². The molecule has 0 aromatic carbocycles. The molecule has 0 radical (unpaired) electrons. The fourth-order valence-electron chi connectivity index (χ4n) is 1.69. The monoisotopic (exact) mass is 265 g/mol. The Bertz CT molecular complexity index is 406. The standard InChI is InChI=1S/C14H23N3O2/c1-10(2)19-13-8-11(3)16-14(17-13)15-6-7-18-9-12-4-5-12/h8,10,12H,4-7,9H2,1-3H3,(H,15,16,17). The van der Waals surface area contributed by atoms with Crippen molar-refractivity contribution in [1.82, 2.24) is 9.97 Å². The number of aromatic nitrogens is 2. The van der Waals surface area contributed by atoms with Gasteiger partial charge in [0.05, 0.1) is 12.7 Å². The Hall–Kier alpha value is -1.36. The Kier molecular flexibility index (Phi) is 4.96. The molecule has 0 spiro atoms. The summed E-state index contributed by atoms with van der Waals surface area (Å²) in [7, 11) is 0. The number of nitrogens with one attached hydrogen (secondary N) is 1. The first-order valence-electron chi connectivity index (χ1n) is 6.97. The summed E-state index contributed by atoms with van der Waals surface area (Å²) >= 11 is 0. The molecule has 2 rings (SSSR count). The summed E-state index contributed by atoms with van der Waals surface area (Å²) in [6.07, 6.45) is 2.76.